The Hall–Kier alpha value is -1.41. The summed E-state index contributed by atoms with van der Waals surface area (Å²) in [5, 5.41) is 4.59. The number of aryl methyl sites for hydroxylation is 1. The van der Waals surface area contributed by atoms with Gasteiger partial charge in [0.15, 0.2) is 0 Å². The minimum atomic E-state index is -3.19. The Morgan fingerprint density at radius 3 is 2.65 bits per heavy atom. The van der Waals surface area contributed by atoms with E-state index in [1.807, 2.05) is 23.4 Å². The van der Waals surface area contributed by atoms with Crippen LogP contribution in [-0.2, 0) is 27.8 Å². The molecular formula is C18H32N4O3S. The van der Waals surface area contributed by atoms with Crippen LogP contribution < -0.4 is 4.72 Å². The normalized spacial score (nSPS) is 18.5. The number of nitrogens with zero attached hydrogens (tertiary/aromatic N) is 3. The van der Waals surface area contributed by atoms with Gasteiger partial charge in [0.05, 0.1) is 18.4 Å². The van der Waals surface area contributed by atoms with Gasteiger partial charge in [-0.05, 0) is 38.5 Å². The number of likely N-dealkylation sites (tertiary alicyclic amines) is 1. The summed E-state index contributed by atoms with van der Waals surface area (Å²) in [6.45, 7) is 10.9. The van der Waals surface area contributed by atoms with Crippen molar-refractivity contribution in [1.29, 1.82) is 0 Å². The molecule has 8 heteroatoms. The molecule has 1 fully saturated rings. The average Bonchev–Trinajstić information content (AvgIpc) is 2.79. The Morgan fingerprint density at radius 2 is 2.04 bits per heavy atom. The zero-order valence-electron chi connectivity index (χ0n) is 16.6. The predicted octanol–water partition coefficient (Wildman–Crippen LogP) is 1.49. The first-order valence-electron chi connectivity index (χ1n) is 9.32. The molecule has 2 heterocycles. The van der Waals surface area contributed by atoms with Gasteiger partial charge in [-0.1, -0.05) is 13.8 Å². The Bertz CT molecular complexity index is 740. The summed E-state index contributed by atoms with van der Waals surface area (Å²) in [4.78, 5) is 14.7. The van der Waals surface area contributed by atoms with Gasteiger partial charge in [0.25, 0.3) is 0 Å². The molecule has 1 N–H and O–H groups in total. The number of amides is 1. The van der Waals surface area contributed by atoms with Crippen LogP contribution in [0, 0.1) is 25.7 Å². The van der Waals surface area contributed by atoms with Gasteiger partial charge in [0.2, 0.25) is 15.9 Å². The highest BCUT2D eigenvalue weighted by molar-refractivity contribution is 7.88. The third-order valence-electron chi connectivity index (χ3n) is 4.90. The van der Waals surface area contributed by atoms with Crippen LogP contribution in [0.25, 0.3) is 0 Å². The molecule has 0 aromatic carbocycles. The monoisotopic (exact) mass is 384 g/mol. The van der Waals surface area contributed by atoms with Crippen molar-refractivity contribution in [2.24, 2.45) is 11.8 Å². The number of carbonyl (C=O) groups is 1. The first-order chi connectivity index (χ1) is 12.1. The molecular weight excluding hydrogens is 352 g/mol. The summed E-state index contributed by atoms with van der Waals surface area (Å²) in [5.41, 5.74) is 3.01. The van der Waals surface area contributed by atoms with E-state index in [9.17, 15) is 13.2 Å². The number of aromatic nitrogens is 2. The lowest BCUT2D eigenvalue weighted by Crippen LogP contribution is -2.44. The SMILES string of the molecule is Cc1nn(CC(C)C)c(C)c1CC(=O)N1CCC[C@@H](CNS(C)(=O)=O)C1. The second kappa shape index (κ2) is 8.52. The van der Waals surface area contributed by atoms with Gasteiger partial charge in [-0.25, -0.2) is 13.1 Å². The molecule has 0 radical (unpaired) electrons. The third-order valence-corrected chi connectivity index (χ3v) is 5.59. The molecule has 1 aliphatic rings. The maximum Gasteiger partial charge on any atom is 0.227 e. The number of piperidine rings is 1. The molecule has 0 spiro atoms. The van der Waals surface area contributed by atoms with Crippen molar-refractivity contribution < 1.29 is 13.2 Å². The molecule has 1 aliphatic heterocycles. The van der Waals surface area contributed by atoms with E-state index in [0.717, 1.165) is 42.9 Å². The molecule has 26 heavy (non-hydrogen) atoms. The highest BCUT2D eigenvalue weighted by atomic mass is 32.2. The molecule has 1 aromatic heterocycles. The van der Waals surface area contributed by atoms with Gasteiger partial charge in [-0.15, -0.1) is 0 Å². The number of carbonyl (C=O) groups excluding carboxylic acids is 1. The largest absolute Gasteiger partial charge is 0.342 e. The van der Waals surface area contributed by atoms with E-state index >= 15 is 0 Å². The molecule has 1 amide bonds. The maximum absolute atomic E-state index is 12.8. The van der Waals surface area contributed by atoms with Crippen LogP contribution in [0.15, 0.2) is 0 Å². The first kappa shape index (κ1) is 20.9. The van der Waals surface area contributed by atoms with Crippen molar-refractivity contribution in [3.8, 4) is 0 Å². The molecule has 1 aromatic rings. The second-order valence-electron chi connectivity index (χ2n) is 7.87. The van der Waals surface area contributed by atoms with Crippen LogP contribution in [-0.4, -0.2) is 54.9 Å². The van der Waals surface area contributed by atoms with Gasteiger partial charge in [0, 0.05) is 37.4 Å². The molecule has 7 nitrogen and oxygen atoms in total. The Balaban J connectivity index is 2.00. The van der Waals surface area contributed by atoms with Crippen LogP contribution in [0.4, 0.5) is 0 Å². The topological polar surface area (TPSA) is 84.3 Å². The fourth-order valence-corrected chi connectivity index (χ4v) is 4.04. The number of nitrogens with one attached hydrogen (secondary N) is 1. The molecule has 0 saturated carbocycles. The van der Waals surface area contributed by atoms with Crippen LogP contribution >= 0.6 is 0 Å². The van der Waals surface area contributed by atoms with Crippen LogP contribution in [0.1, 0.15) is 43.6 Å². The van der Waals surface area contributed by atoms with Gasteiger partial charge >= 0.3 is 0 Å². The van der Waals surface area contributed by atoms with Crippen molar-refractivity contribution in [2.75, 3.05) is 25.9 Å². The number of sulfonamides is 1. The van der Waals surface area contributed by atoms with E-state index in [2.05, 4.69) is 23.7 Å². The maximum atomic E-state index is 12.8. The molecule has 1 saturated heterocycles. The second-order valence-corrected chi connectivity index (χ2v) is 9.70. The van der Waals surface area contributed by atoms with Crippen molar-refractivity contribution in [2.45, 2.75) is 53.5 Å². The zero-order chi connectivity index (χ0) is 19.5. The molecule has 2 rings (SSSR count). The highest BCUT2D eigenvalue weighted by Gasteiger charge is 2.26. The molecule has 148 valence electrons. The third kappa shape index (κ3) is 5.81. The number of rotatable bonds is 7. The molecule has 0 unspecified atom stereocenters. The van der Waals surface area contributed by atoms with Crippen molar-refractivity contribution >= 4 is 15.9 Å². The van der Waals surface area contributed by atoms with E-state index in [4.69, 9.17) is 0 Å². The summed E-state index contributed by atoms with van der Waals surface area (Å²) in [6.07, 6.45) is 3.38. The smallest absolute Gasteiger partial charge is 0.227 e. The van der Waals surface area contributed by atoms with E-state index in [0.29, 0.717) is 25.4 Å². The first-order valence-corrected chi connectivity index (χ1v) is 11.2. The summed E-state index contributed by atoms with van der Waals surface area (Å²) in [5.74, 6) is 0.777. The Kier molecular flexibility index (Phi) is 6.85. The lowest BCUT2D eigenvalue weighted by Gasteiger charge is -2.33. The van der Waals surface area contributed by atoms with E-state index in [1.54, 1.807) is 0 Å². The lowest BCUT2D eigenvalue weighted by molar-refractivity contribution is -0.132. The Morgan fingerprint density at radius 1 is 1.35 bits per heavy atom. The quantitative estimate of drug-likeness (QED) is 0.772. The van der Waals surface area contributed by atoms with E-state index in [-0.39, 0.29) is 11.8 Å². The number of hydrogen-bond acceptors (Lipinski definition) is 4. The lowest BCUT2D eigenvalue weighted by atomic mass is 9.97. The van der Waals surface area contributed by atoms with Crippen molar-refractivity contribution in [3.05, 3.63) is 17.0 Å². The van der Waals surface area contributed by atoms with Gasteiger partial charge in [0.1, 0.15) is 0 Å². The highest BCUT2D eigenvalue weighted by Crippen LogP contribution is 2.20. The molecule has 0 bridgehead atoms. The van der Waals surface area contributed by atoms with E-state index in [1.165, 1.54) is 6.26 Å². The standard InChI is InChI=1S/C18H32N4O3S/c1-13(2)11-22-15(4)17(14(3)20-22)9-18(23)21-8-6-7-16(12-21)10-19-26(5,24)25/h13,16,19H,6-12H2,1-5H3/t16-/m0/s1. The van der Waals surface area contributed by atoms with Crippen LogP contribution in [0.3, 0.4) is 0 Å². The Labute approximate surface area is 157 Å². The van der Waals surface area contributed by atoms with Gasteiger partial charge in [-0.2, -0.15) is 5.10 Å². The molecule has 1 atom stereocenters. The van der Waals surface area contributed by atoms with Crippen LogP contribution in [0.5, 0.6) is 0 Å². The average molecular weight is 385 g/mol. The zero-order valence-corrected chi connectivity index (χ0v) is 17.4. The van der Waals surface area contributed by atoms with Gasteiger partial charge < -0.3 is 4.90 Å². The minimum absolute atomic E-state index is 0.101. The van der Waals surface area contributed by atoms with Crippen molar-refractivity contribution in [1.82, 2.24) is 19.4 Å². The minimum Gasteiger partial charge on any atom is -0.342 e. The van der Waals surface area contributed by atoms with Crippen LogP contribution in [0.2, 0.25) is 0 Å². The number of hydrogen-bond donors (Lipinski definition) is 1. The summed E-state index contributed by atoms with van der Waals surface area (Å²) in [6, 6.07) is 0. The summed E-state index contributed by atoms with van der Waals surface area (Å²) in [7, 11) is -3.19. The predicted molar refractivity (Wildman–Crippen MR) is 102 cm³/mol. The van der Waals surface area contributed by atoms with E-state index < -0.39 is 10.0 Å². The fourth-order valence-electron chi connectivity index (χ4n) is 3.50. The summed E-state index contributed by atoms with van der Waals surface area (Å²) >= 11 is 0. The fraction of sp³-hybridized carbons (Fsp3) is 0.778. The van der Waals surface area contributed by atoms with Crippen molar-refractivity contribution in [3.63, 3.8) is 0 Å². The van der Waals surface area contributed by atoms with Gasteiger partial charge in [-0.3, -0.25) is 9.48 Å². The summed E-state index contributed by atoms with van der Waals surface area (Å²) < 4.78 is 27.1. The molecule has 0 aliphatic carbocycles.